The molecule has 0 aromatic carbocycles. The number of allylic oxidation sites excluding steroid dienone is 1. The molecule has 4 bridgehead atoms. The molecular weight excluding hydrogens is 313 g/mol. The van der Waals surface area contributed by atoms with Crippen LogP contribution in [0.25, 0.3) is 0 Å². The number of hydrogen-bond donors (Lipinski definition) is 0. The van der Waals surface area contributed by atoms with Crippen molar-refractivity contribution in [1.29, 1.82) is 0 Å². The maximum absolute atomic E-state index is 3.94. The minimum atomic E-state index is 0.307. The summed E-state index contributed by atoms with van der Waals surface area (Å²) in [7, 11) is 0. The van der Waals surface area contributed by atoms with E-state index in [1.165, 1.54) is 0 Å². The van der Waals surface area contributed by atoms with E-state index in [1.54, 1.807) is 0 Å². The lowest BCUT2D eigenvalue weighted by atomic mass is 10.5. The minimum absolute atomic E-state index is 0.307. The van der Waals surface area contributed by atoms with Crippen LogP contribution in [-0.2, 0) is 0 Å². The van der Waals surface area contributed by atoms with Crippen LogP contribution >= 0.6 is 70.6 Å². The molecule has 0 aromatic rings. The van der Waals surface area contributed by atoms with Crippen molar-refractivity contribution in [3.8, 4) is 0 Å². The Hall–Kier alpha value is 1.84. The summed E-state index contributed by atoms with van der Waals surface area (Å²) in [5.41, 5.74) is 0. The van der Waals surface area contributed by atoms with E-state index in [0.717, 1.165) is 6.42 Å². The van der Waals surface area contributed by atoms with Crippen LogP contribution in [0, 0.1) is 0 Å². The van der Waals surface area contributed by atoms with E-state index in [2.05, 4.69) is 104 Å². The topological polar surface area (TPSA) is 0 Å². The lowest BCUT2D eigenvalue weighted by Gasteiger charge is -2.65. The summed E-state index contributed by atoms with van der Waals surface area (Å²) in [6.45, 7) is 11.2. The quantitative estimate of drug-likeness (QED) is 0.595. The lowest BCUT2D eigenvalue weighted by Crippen LogP contribution is -2.50. The molecule has 0 amide bonds. The second kappa shape index (κ2) is 3.69. The Morgan fingerprint density at radius 1 is 0.812 bits per heavy atom. The van der Waals surface area contributed by atoms with Crippen LogP contribution in [0.3, 0.4) is 0 Å². The molecule has 0 N–H and O–H groups in total. The molecule has 4 aliphatic heterocycles. The summed E-state index contributed by atoms with van der Waals surface area (Å²) in [4.78, 5) is 0. The number of thioether (sulfide) groups is 6. The second-order valence-corrected chi connectivity index (χ2v) is 18.1. The molecule has 4 rings (SSSR count). The van der Waals surface area contributed by atoms with Gasteiger partial charge in [-0.2, -0.15) is 0 Å². The highest BCUT2D eigenvalue weighted by Crippen LogP contribution is 2.88. The van der Waals surface area contributed by atoms with Crippen LogP contribution in [0.4, 0.5) is 0 Å². The normalized spacial score (nSPS) is 58.9. The maximum atomic E-state index is 3.94. The van der Waals surface area contributed by atoms with Crippen LogP contribution < -0.4 is 0 Å². The van der Waals surface area contributed by atoms with E-state index in [0.29, 0.717) is 13.6 Å². The molecule has 4 heterocycles. The zero-order valence-corrected chi connectivity index (χ0v) is 14.3. The van der Waals surface area contributed by atoms with Crippen LogP contribution in [0.5, 0.6) is 0 Å². The maximum Gasteiger partial charge on any atom is 0.116 e. The van der Waals surface area contributed by atoms with Gasteiger partial charge in [-0.05, 0) is 27.2 Å². The molecule has 0 aromatic heterocycles. The molecule has 90 valence electrons. The molecule has 0 nitrogen and oxygen atoms in total. The molecule has 4 fully saturated rings. The fraction of sp³-hybridized carbons (Fsp3) is 0.800. The first kappa shape index (κ1) is 12.9. The third kappa shape index (κ3) is 1.99. The highest BCUT2D eigenvalue weighted by molar-refractivity contribution is 8.64. The first-order chi connectivity index (χ1) is 7.30. The van der Waals surface area contributed by atoms with Crippen molar-refractivity contribution in [2.24, 2.45) is 0 Å². The standard InChI is InChI=1S/C10H14S6/c1-5-6-10-14-7(2)11-8(3,15-10)13-9(4,12-7)16-10/h5H,1,6H2,2-4H3. The Bertz CT molecular complexity index is 300. The van der Waals surface area contributed by atoms with Gasteiger partial charge < -0.3 is 0 Å². The Balaban J connectivity index is 2.03. The van der Waals surface area contributed by atoms with Crippen molar-refractivity contribution in [1.82, 2.24) is 0 Å². The summed E-state index contributed by atoms with van der Waals surface area (Å²) in [5, 5.41) is 0. The zero-order chi connectivity index (χ0) is 11.7. The third-order valence-electron chi connectivity index (χ3n) is 2.53. The van der Waals surface area contributed by atoms with E-state index in [-0.39, 0.29) is 0 Å². The molecule has 4 saturated heterocycles. The average molecular weight is 327 g/mol. The molecule has 0 unspecified atom stereocenters. The SMILES string of the molecule is C=CCC12SC3(C)SC(C)(SC(C)(S3)S1)S2. The van der Waals surface area contributed by atoms with Crippen molar-refractivity contribution >= 4 is 70.6 Å². The fourth-order valence-corrected chi connectivity index (χ4v) is 24.1. The predicted molar refractivity (Wildman–Crippen MR) is 88.3 cm³/mol. The summed E-state index contributed by atoms with van der Waals surface area (Å²) >= 11 is 12.9. The van der Waals surface area contributed by atoms with Gasteiger partial charge in [0.15, 0.2) is 0 Å². The van der Waals surface area contributed by atoms with Gasteiger partial charge in [0, 0.05) is 0 Å². The van der Waals surface area contributed by atoms with Gasteiger partial charge in [0.25, 0.3) is 0 Å². The molecule has 0 saturated carbocycles. The monoisotopic (exact) mass is 326 g/mol. The van der Waals surface area contributed by atoms with Gasteiger partial charge in [-0.3, -0.25) is 0 Å². The average Bonchev–Trinajstić information content (AvgIpc) is 1.91. The number of hydrogen-bond acceptors (Lipinski definition) is 6. The van der Waals surface area contributed by atoms with Gasteiger partial charge in [0.2, 0.25) is 0 Å². The van der Waals surface area contributed by atoms with Crippen LogP contribution in [-0.4, -0.2) is 13.6 Å². The zero-order valence-electron chi connectivity index (χ0n) is 9.44. The summed E-state index contributed by atoms with van der Waals surface area (Å²) in [6.07, 6.45) is 3.20. The Morgan fingerprint density at radius 3 is 1.50 bits per heavy atom. The predicted octanol–water partition coefficient (Wildman–Crippen LogP) is 5.68. The van der Waals surface area contributed by atoms with Crippen LogP contribution in [0.1, 0.15) is 27.2 Å². The van der Waals surface area contributed by atoms with Gasteiger partial charge in [0.1, 0.15) is 13.6 Å². The summed E-state index contributed by atoms with van der Waals surface area (Å²) in [5.74, 6) is 0. The Labute approximate surface area is 123 Å². The fourth-order valence-electron chi connectivity index (χ4n) is 2.41. The van der Waals surface area contributed by atoms with E-state index < -0.39 is 0 Å². The molecule has 0 aliphatic carbocycles. The summed E-state index contributed by atoms with van der Waals surface area (Å²) < 4.78 is 1.29. The highest BCUT2D eigenvalue weighted by Gasteiger charge is 2.68. The largest absolute Gasteiger partial charge is 0.116 e. The molecular formula is C10H14S6. The highest BCUT2D eigenvalue weighted by atomic mass is 32.4. The van der Waals surface area contributed by atoms with Crippen molar-refractivity contribution in [2.75, 3.05) is 0 Å². The van der Waals surface area contributed by atoms with Crippen molar-refractivity contribution < 1.29 is 0 Å². The lowest BCUT2D eigenvalue weighted by molar-refractivity contribution is 1.03. The third-order valence-corrected chi connectivity index (χ3v) is 13.3. The minimum Gasteiger partial charge on any atom is -0.105 e. The molecule has 6 heteroatoms. The van der Waals surface area contributed by atoms with E-state index in [9.17, 15) is 0 Å². The second-order valence-electron chi connectivity index (χ2n) is 4.38. The van der Waals surface area contributed by atoms with Gasteiger partial charge in [-0.15, -0.1) is 77.2 Å². The van der Waals surface area contributed by atoms with Gasteiger partial charge in [0.05, 0.1) is 0 Å². The smallest absolute Gasteiger partial charge is 0.105 e. The molecule has 0 atom stereocenters. The van der Waals surface area contributed by atoms with E-state index in [1.807, 2.05) is 0 Å². The molecule has 0 spiro atoms. The van der Waals surface area contributed by atoms with Crippen LogP contribution in [0.15, 0.2) is 12.7 Å². The van der Waals surface area contributed by atoms with Crippen molar-refractivity contribution in [2.45, 2.75) is 40.8 Å². The number of rotatable bonds is 2. The first-order valence-corrected chi connectivity index (χ1v) is 10.0. The Morgan fingerprint density at radius 2 is 1.19 bits per heavy atom. The van der Waals surface area contributed by atoms with Gasteiger partial charge in [-0.1, -0.05) is 6.08 Å². The molecule has 0 radical (unpaired) electrons. The van der Waals surface area contributed by atoms with Crippen LogP contribution in [0.2, 0.25) is 0 Å². The Kier molecular flexibility index (Phi) is 2.96. The summed E-state index contributed by atoms with van der Waals surface area (Å²) in [6, 6.07) is 0. The van der Waals surface area contributed by atoms with Crippen molar-refractivity contribution in [3.63, 3.8) is 0 Å². The molecule has 16 heavy (non-hydrogen) atoms. The first-order valence-electron chi connectivity index (χ1n) is 5.12. The van der Waals surface area contributed by atoms with Gasteiger partial charge >= 0.3 is 0 Å². The van der Waals surface area contributed by atoms with Crippen molar-refractivity contribution in [3.05, 3.63) is 12.7 Å². The van der Waals surface area contributed by atoms with E-state index in [4.69, 9.17) is 0 Å². The van der Waals surface area contributed by atoms with Gasteiger partial charge in [-0.25, -0.2) is 0 Å². The van der Waals surface area contributed by atoms with E-state index >= 15 is 0 Å². The molecule has 4 aliphatic rings.